The van der Waals surface area contributed by atoms with Crippen LogP contribution in [0.2, 0.25) is 0 Å². The highest BCUT2D eigenvalue weighted by Crippen LogP contribution is 2.32. The smallest absolute Gasteiger partial charge is 0.217 e. The van der Waals surface area contributed by atoms with Crippen LogP contribution in [-0.2, 0) is 11.3 Å². The van der Waals surface area contributed by atoms with Crippen molar-refractivity contribution in [3.05, 3.63) is 23.8 Å². The molecule has 1 aliphatic heterocycles. The van der Waals surface area contributed by atoms with E-state index in [4.69, 9.17) is 5.73 Å². The molecule has 0 unspecified atom stereocenters. The van der Waals surface area contributed by atoms with Crippen molar-refractivity contribution >= 4 is 23.4 Å². The Kier molecular flexibility index (Phi) is 5.94. The van der Waals surface area contributed by atoms with Gasteiger partial charge in [-0.1, -0.05) is 13.0 Å². The minimum absolute atomic E-state index is 0.0671. The van der Waals surface area contributed by atoms with E-state index < -0.39 is 0 Å². The van der Waals surface area contributed by atoms with Gasteiger partial charge < -0.3 is 16.0 Å². The average molecular weight is 307 g/mol. The standard InChI is InChI=1S/C16H25N3OS/c1-3-21-16-6-4-5-15(14(16)11-17)19-9-7-13(8-10-19)18-12(2)20/h4-6,13H,3,7-11,17H2,1-2H3,(H,18,20). The molecule has 0 bridgehead atoms. The SMILES string of the molecule is CCSc1cccc(N2CCC(NC(C)=O)CC2)c1CN. The Morgan fingerprint density at radius 1 is 1.43 bits per heavy atom. The van der Waals surface area contributed by atoms with Crippen LogP contribution in [-0.4, -0.2) is 30.8 Å². The van der Waals surface area contributed by atoms with E-state index in [0.29, 0.717) is 12.6 Å². The number of anilines is 1. The number of carbonyl (C=O) groups is 1. The molecule has 1 heterocycles. The van der Waals surface area contributed by atoms with E-state index in [1.807, 2.05) is 11.8 Å². The van der Waals surface area contributed by atoms with E-state index >= 15 is 0 Å². The number of carbonyl (C=O) groups excluding carboxylic acids is 1. The Morgan fingerprint density at radius 3 is 2.71 bits per heavy atom. The van der Waals surface area contributed by atoms with E-state index in [-0.39, 0.29) is 5.91 Å². The van der Waals surface area contributed by atoms with Gasteiger partial charge in [-0.25, -0.2) is 0 Å². The maximum Gasteiger partial charge on any atom is 0.217 e. The third kappa shape index (κ3) is 4.14. The zero-order valence-corrected chi connectivity index (χ0v) is 13.7. The van der Waals surface area contributed by atoms with Gasteiger partial charge in [-0.2, -0.15) is 0 Å². The molecule has 5 heteroatoms. The summed E-state index contributed by atoms with van der Waals surface area (Å²) in [6.45, 7) is 6.27. The van der Waals surface area contributed by atoms with Gasteiger partial charge in [0.1, 0.15) is 0 Å². The van der Waals surface area contributed by atoms with Gasteiger partial charge in [0.05, 0.1) is 0 Å². The second-order valence-electron chi connectivity index (χ2n) is 5.35. The number of nitrogens with two attached hydrogens (primary N) is 1. The number of benzene rings is 1. The van der Waals surface area contributed by atoms with E-state index in [1.54, 1.807) is 6.92 Å². The van der Waals surface area contributed by atoms with Crippen molar-refractivity contribution in [3.8, 4) is 0 Å². The summed E-state index contributed by atoms with van der Waals surface area (Å²) >= 11 is 1.85. The first-order chi connectivity index (χ1) is 10.2. The summed E-state index contributed by atoms with van der Waals surface area (Å²) in [5.41, 5.74) is 8.50. The van der Waals surface area contributed by atoms with E-state index in [2.05, 4.69) is 35.3 Å². The van der Waals surface area contributed by atoms with Gasteiger partial charge >= 0.3 is 0 Å². The van der Waals surface area contributed by atoms with Gasteiger partial charge in [-0.3, -0.25) is 4.79 Å². The van der Waals surface area contributed by atoms with Crippen LogP contribution in [0.5, 0.6) is 0 Å². The molecule has 0 spiro atoms. The molecule has 0 aromatic heterocycles. The quantitative estimate of drug-likeness (QED) is 0.820. The summed E-state index contributed by atoms with van der Waals surface area (Å²) < 4.78 is 0. The fourth-order valence-electron chi connectivity index (χ4n) is 2.90. The van der Waals surface area contributed by atoms with Gasteiger partial charge in [-0.05, 0) is 30.7 Å². The summed E-state index contributed by atoms with van der Waals surface area (Å²) in [4.78, 5) is 14.8. The van der Waals surface area contributed by atoms with Crippen LogP contribution in [0, 0.1) is 0 Å². The van der Waals surface area contributed by atoms with Gasteiger partial charge in [0.15, 0.2) is 0 Å². The van der Waals surface area contributed by atoms with Gasteiger partial charge in [0.25, 0.3) is 0 Å². The predicted molar refractivity (Wildman–Crippen MR) is 89.8 cm³/mol. The number of thioether (sulfide) groups is 1. The predicted octanol–water partition coefficient (Wildman–Crippen LogP) is 2.36. The second kappa shape index (κ2) is 7.71. The number of nitrogens with zero attached hydrogens (tertiary/aromatic N) is 1. The maximum atomic E-state index is 11.1. The number of amides is 1. The molecule has 0 saturated carbocycles. The Morgan fingerprint density at radius 2 is 2.14 bits per heavy atom. The summed E-state index contributed by atoms with van der Waals surface area (Å²) in [7, 11) is 0. The van der Waals surface area contributed by atoms with Crippen LogP contribution >= 0.6 is 11.8 Å². The van der Waals surface area contributed by atoms with E-state index in [0.717, 1.165) is 31.7 Å². The first-order valence-corrected chi connectivity index (χ1v) is 8.61. The Balaban J connectivity index is 2.09. The molecule has 0 atom stereocenters. The topological polar surface area (TPSA) is 58.4 Å². The third-order valence-corrected chi connectivity index (χ3v) is 4.84. The highest BCUT2D eigenvalue weighted by Gasteiger charge is 2.22. The summed E-state index contributed by atoms with van der Waals surface area (Å²) in [6, 6.07) is 6.75. The van der Waals surface area contributed by atoms with Crippen molar-refractivity contribution in [3.63, 3.8) is 0 Å². The Hall–Kier alpha value is -1.20. The molecule has 0 aliphatic carbocycles. The molecule has 116 valence electrons. The Bertz CT molecular complexity index is 484. The molecule has 0 radical (unpaired) electrons. The van der Waals surface area contributed by atoms with Gasteiger partial charge in [-0.15, -0.1) is 11.8 Å². The lowest BCUT2D eigenvalue weighted by Crippen LogP contribution is -2.44. The zero-order chi connectivity index (χ0) is 15.2. The zero-order valence-electron chi connectivity index (χ0n) is 12.9. The first-order valence-electron chi connectivity index (χ1n) is 7.62. The number of rotatable bonds is 5. The third-order valence-electron chi connectivity index (χ3n) is 3.86. The number of nitrogens with one attached hydrogen (secondary N) is 1. The lowest BCUT2D eigenvalue weighted by Gasteiger charge is -2.35. The van der Waals surface area contributed by atoms with Crippen molar-refractivity contribution in [2.45, 2.75) is 44.2 Å². The lowest BCUT2D eigenvalue weighted by atomic mass is 10.0. The molecule has 1 saturated heterocycles. The minimum Gasteiger partial charge on any atom is -0.371 e. The summed E-state index contributed by atoms with van der Waals surface area (Å²) in [5, 5.41) is 3.02. The minimum atomic E-state index is 0.0671. The fourth-order valence-corrected chi connectivity index (χ4v) is 3.75. The number of hydrogen-bond acceptors (Lipinski definition) is 4. The maximum absolute atomic E-state index is 11.1. The van der Waals surface area contributed by atoms with Crippen LogP contribution in [0.15, 0.2) is 23.1 Å². The molecular formula is C16H25N3OS. The van der Waals surface area contributed by atoms with Crippen molar-refractivity contribution in [1.82, 2.24) is 5.32 Å². The van der Waals surface area contributed by atoms with Crippen LogP contribution in [0.4, 0.5) is 5.69 Å². The van der Waals surface area contributed by atoms with Crippen LogP contribution in [0.25, 0.3) is 0 Å². The van der Waals surface area contributed by atoms with E-state index in [1.165, 1.54) is 16.1 Å². The molecule has 1 amide bonds. The molecule has 1 fully saturated rings. The molecule has 1 aromatic rings. The largest absolute Gasteiger partial charge is 0.371 e. The summed E-state index contributed by atoms with van der Waals surface area (Å²) in [5.74, 6) is 1.12. The second-order valence-corrected chi connectivity index (χ2v) is 6.66. The molecule has 1 aromatic carbocycles. The molecule has 4 nitrogen and oxygen atoms in total. The van der Waals surface area contributed by atoms with E-state index in [9.17, 15) is 4.79 Å². The number of hydrogen-bond donors (Lipinski definition) is 2. The van der Waals surface area contributed by atoms with Crippen LogP contribution in [0.3, 0.4) is 0 Å². The fraction of sp³-hybridized carbons (Fsp3) is 0.562. The normalized spacial score (nSPS) is 16.0. The molecule has 21 heavy (non-hydrogen) atoms. The monoisotopic (exact) mass is 307 g/mol. The first kappa shape index (κ1) is 16.2. The molecule has 1 aliphatic rings. The van der Waals surface area contributed by atoms with Crippen molar-refractivity contribution in [2.75, 3.05) is 23.7 Å². The lowest BCUT2D eigenvalue weighted by molar-refractivity contribution is -0.119. The van der Waals surface area contributed by atoms with Gasteiger partial charge in [0.2, 0.25) is 5.91 Å². The van der Waals surface area contributed by atoms with Crippen LogP contribution < -0.4 is 16.0 Å². The number of piperidine rings is 1. The van der Waals surface area contributed by atoms with Crippen LogP contribution in [0.1, 0.15) is 32.3 Å². The average Bonchev–Trinajstić information content (AvgIpc) is 2.47. The van der Waals surface area contributed by atoms with Crippen molar-refractivity contribution in [2.24, 2.45) is 5.73 Å². The summed E-state index contributed by atoms with van der Waals surface area (Å²) in [6.07, 6.45) is 1.99. The molecular weight excluding hydrogens is 282 g/mol. The molecule has 3 N–H and O–H groups in total. The highest BCUT2D eigenvalue weighted by molar-refractivity contribution is 7.99. The van der Waals surface area contributed by atoms with Gasteiger partial charge in [0, 0.05) is 48.7 Å². The van der Waals surface area contributed by atoms with Crippen molar-refractivity contribution < 1.29 is 4.79 Å². The Labute approximate surface area is 131 Å². The highest BCUT2D eigenvalue weighted by atomic mass is 32.2. The van der Waals surface area contributed by atoms with Crippen molar-refractivity contribution in [1.29, 1.82) is 0 Å². The molecule has 2 rings (SSSR count).